The van der Waals surface area contributed by atoms with Gasteiger partial charge in [0.05, 0.1) is 0 Å². The van der Waals surface area contributed by atoms with Crippen molar-refractivity contribution < 1.29 is 0 Å². The zero-order valence-corrected chi connectivity index (χ0v) is 6.90. The summed E-state index contributed by atoms with van der Waals surface area (Å²) in [6.45, 7) is 4.23. The molecule has 9 heavy (non-hydrogen) atoms. The third-order valence-corrected chi connectivity index (χ3v) is 3.21. The fraction of sp³-hybridized carbons (Fsp3) is 0.833. The minimum absolute atomic E-state index is 0.0509. The topological polar surface area (TPSA) is 36.1 Å². The van der Waals surface area contributed by atoms with Gasteiger partial charge in [-0.3, -0.25) is 0 Å². The molecule has 0 aromatic carbocycles. The molecule has 0 aliphatic heterocycles. The lowest BCUT2D eigenvalue weighted by Crippen LogP contribution is -2.05. The van der Waals surface area contributed by atoms with Crippen LogP contribution < -0.4 is 0 Å². The maximum absolute atomic E-state index is 8.17. The molecule has 52 valence electrons. The van der Waals surface area contributed by atoms with Gasteiger partial charge in [-0.15, -0.1) is 0 Å². The van der Waals surface area contributed by atoms with E-state index in [4.69, 9.17) is 5.26 Å². The normalized spacial score (nSPS) is 16.7. The molecule has 3 heteroatoms. The fourth-order valence-corrected chi connectivity index (χ4v) is 1.19. The highest BCUT2D eigenvalue weighted by Gasteiger charge is 1.98. The van der Waals surface area contributed by atoms with E-state index in [-0.39, 0.29) is 10.7 Å². The van der Waals surface area contributed by atoms with Crippen molar-refractivity contribution in [2.45, 2.75) is 25.5 Å². The van der Waals surface area contributed by atoms with Gasteiger partial charge in [0, 0.05) is 5.25 Å². The lowest BCUT2D eigenvalue weighted by Gasteiger charge is -2.05. The number of nitriles is 1. The van der Waals surface area contributed by atoms with Crippen molar-refractivity contribution >= 4 is 10.7 Å². The standard InChI is InChI=1S/C6H12N2S/c1-4-6(2)9(3)8-5-7/h6H,4H2,1-3H3. The Balaban J connectivity index is 3.89. The molecular weight excluding hydrogens is 132 g/mol. The molecule has 0 amide bonds. The van der Waals surface area contributed by atoms with Gasteiger partial charge >= 0.3 is 0 Å². The minimum Gasteiger partial charge on any atom is -0.170 e. The average molecular weight is 144 g/mol. The quantitative estimate of drug-likeness (QED) is 0.543. The van der Waals surface area contributed by atoms with Gasteiger partial charge in [-0.05, 0) is 12.7 Å². The van der Waals surface area contributed by atoms with E-state index in [0.717, 1.165) is 6.42 Å². The predicted molar refractivity (Wildman–Crippen MR) is 41.1 cm³/mol. The number of rotatable bonds is 2. The molecule has 0 heterocycles. The highest BCUT2D eigenvalue weighted by molar-refractivity contribution is 7.87. The summed E-state index contributed by atoms with van der Waals surface area (Å²) in [5.74, 6) is 0. The van der Waals surface area contributed by atoms with E-state index in [1.54, 1.807) is 0 Å². The van der Waals surface area contributed by atoms with Crippen LogP contribution in [-0.2, 0) is 10.7 Å². The van der Waals surface area contributed by atoms with Gasteiger partial charge in [0.2, 0.25) is 6.19 Å². The van der Waals surface area contributed by atoms with E-state index in [1.807, 2.05) is 12.4 Å². The van der Waals surface area contributed by atoms with Crippen LogP contribution in [-0.4, -0.2) is 11.5 Å². The van der Waals surface area contributed by atoms with Gasteiger partial charge in [0.25, 0.3) is 0 Å². The summed E-state index contributed by atoms with van der Waals surface area (Å²) in [4.78, 5) is 0. The van der Waals surface area contributed by atoms with Crippen LogP contribution in [0, 0.1) is 11.5 Å². The zero-order chi connectivity index (χ0) is 7.28. The first kappa shape index (κ1) is 8.64. The first-order valence-electron chi connectivity index (χ1n) is 2.97. The third-order valence-electron chi connectivity index (χ3n) is 1.34. The van der Waals surface area contributed by atoms with Crippen molar-refractivity contribution in [1.82, 2.24) is 0 Å². The molecule has 0 aromatic heterocycles. The van der Waals surface area contributed by atoms with Crippen LogP contribution in [0.3, 0.4) is 0 Å². The van der Waals surface area contributed by atoms with Crippen molar-refractivity contribution in [3.63, 3.8) is 0 Å². The molecule has 0 radical (unpaired) electrons. The smallest absolute Gasteiger partial charge is 0.170 e. The molecule has 0 aliphatic carbocycles. The van der Waals surface area contributed by atoms with E-state index in [2.05, 4.69) is 18.2 Å². The van der Waals surface area contributed by atoms with Gasteiger partial charge in [-0.1, -0.05) is 24.5 Å². The summed E-state index contributed by atoms with van der Waals surface area (Å²) in [6, 6.07) is 0. The van der Waals surface area contributed by atoms with Crippen molar-refractivity contribution in [1.29, 1.82) is 5.26 Å². The molecule has 0 aliphatic rings. The summed E-state index contributed by atoms with van der Waals surface area (Å²) < 4.78 is 3.73. The van der Waals surface area contributed by atoms with Crippen LogP contribution in [0.2, 0.25) is 0 Å². The Bertz CT molecular complexity index is 146. The van der Waals surface area contributed by atoms with Crippen molar-refractivity contribution in [3.8, 4) is 6.19 Å². The summed E-state index contributed by atoms with van der Waals surface area (Å²) >= 11 is 0. The summed E-state index contributed by atoms with van der Waals surface area (Å²) in [5, 5.41) is 8.73. The Hall–Kier alpha value is -0.360. The molecule has 2 nitrogen and oxygen atoms in total. The molecule has 2 atom stereocenters. The van der Waals surface area contributed by atoms with Crippen LogP contribution in [0.5, 0.6) is 0 Å². The van der Waals surface area contributed by atoms with Gasteiger partial charge in [0.1, 0.15) is 0 Å². The molecule has 0 saturated heterocycles. The highest BCUT2D eigenvalue weighted by Crippen LogP contribution is 1.99. The van der Waals surface area contributed by atoms with Crippen molar-refractivity contribution in [2.75, 3.05) is 6.26 Å². The Labute approximate surface area is 59.0 Å². The van der Waals surface area contributed by atoms with E-state index >= 15 is 0 Å². The summed E-state index contributed by atoms with van der Waals surface area (Å²) in [5.41, 5.74) is 0. The molecule has 0 spiro atoms. The first-order valence-corrected chi connectivity index (χ1v) is 4.62. The predicted octanol–water partition coefficient (Wildman–Crippen LogP) is 1.70. The highest BCUT2D eigenvalue weighted by atomic mass is 32.2. The van der Waals surface area contributed by atoms with Crippen LogP contribution in [0.4, 0.5) is 0 Å². The van der Waals surface area contributed by atoms with Crippen LogP contribution >= 0.6 is 0 Å². The monoisotopic (exact) mass is 144 g/mol. The summed E-state index contributed by atoms with van der Waals surface area (Å²) in [7, 11) is -0.0509. The van der Waals surface area contributed by atoms with E-state index in [0.29, 0.717) is 5.25 Å². The second kappa shape index (κ2) is 4.51. The Morgan fingerprint density at radius 2 is 2.33 bits per heavy atom. The minimum atomic E-state index is -0.0509. The molecule has 0 aromatic rings. The number of hydrogen-bond donors (Lipinski definition) is 0. The van der Waals surface area contributed by atoms with Crippen molar-refractivity contribution in [2.24, 2.45) is 4.36 Å². The Morgan fingerprint density at radius 3 is 2.67 bits per heavy atom. The molecular formula is C6H12N2S. The largest absolute Gasteiger partial charge is 0.212 e. The first-order chi connectivity index (χ1) is 4.22. The SMILES string of the molecule is CCC(C)S(C)=NC#N. The lowest BCUT2D eigenvalue weighted by atomic mass is 10.4. The number of hydrogen-bond acceptors (Lipinski definition) is 2. The maximum Gasteiger partial charge on any atom is 0.212 e. The van der Waals surface area contributed by atoms with Gasteiger partial charge < -0.3 is 0 Å². The van der Waals surface area contributed by atoms with E-state index < -0.39 is 0 Å². The Kier molecular flexibility index (Phi) is 4.33. The zero-order valence-electron chi connectivity index (χ0n) is 6.09. The lowest BCUT2D eigenvalue weighted by molar-refractivity contribution is 0.902. The molecule has 0 saturated carbocycles. The molecule has 2 unspecified atom stereocenters. The summed E-state index contributed by atoms with van der Waals surface area (Å²) in [6.07, 6.45) is 4.92. The molecule has 0 bridgehead atoms. The molecule has 0 N–H and O–H groups in total. The van der Waals surface area contributed by atoms with E-state index in [9.17, 15) is 0 Å². The fourth-order valence-electron chi connectivity index (χ4n) is 0.396. The van der Waals surface area contributed by atoms with Crippen LogP contribution in [0.1, 0.15) is 20.3 Å². The van der Waals surface area contributed by atoms with Crippen LogP contribution in [0.15, 0.2) is 4.36 Å². The average Bonchev–Trinajstić information content (AvgIpc) is 1.87. The maximum atomic E-state index is 8.17. The van der Waals surface area contributed by atoms with Crippen LogP contribution in [0.25, 0.3) is 0 Å². The third kappa shape index (κ3) is 3.26. The molecule has 0 rings (SSSR count). The molecule has 0 fully saturated rings. The Morgan fingerprint density at radius 1 is 1.78 bits per heavy atom. The van der Waals surface area contributed by atoms with Gasteiger partial charge in [-0.25, -0.2) is 0 Å². The number of nitrogens with zero attached hydrogens (tertiary/aromatic N) is 2. The second-order valence-corrected chi connectivity index (χ2v) is 3.97. The van der Waals surface area contributed by atoms with Gasteiger partial charge in [-0.2, -0.15) is 9.62 Å². The second-order valence-electron chi connectivity index (χ2n) is 1.93. The van der Waals surface area contributed by atoms with Crippen molar-refractivity contribution in [3.05, 3.63) is 0 Å². The van der Waals surface area contributed by atoms with Gasteiger partial charge in [0.15, 0.2) is 0 Å². The van der Waals surface area contributed by atoms with E-state index in [1.165, 1.54) is 0 Å².